The molecule has 0 spiro atoms. The first kappa shape index (κ1) is 13.2. The maximum absolute atomic E-state index is 2.44. The summed E-state index contributed by atoms with van der Waals surface area (Å²) < 4.78 is 0. The van der Waals surface area contributed by atoms with Crippen molar-refractivity contribution in [2.75, 3.05) is 0 Å². The minimum Gasteiger partial charge on any atom is -0.0914 e. The highest BCUT2D eigenvalue weighted by Crippen LogP contribution is 2.44. The summed E-state index contributed by atoms with van der Waals surface area (Å²) in [6.07, 6.45) is 18.2. The summed E-state index contributed by atoms with van der Waals surface area (Å²) in [4.78, 5) is 0. The molecule has 0 bridgehead atoms. The largest absolute Gasteiger partial charge is 0.0914 e. The van der Waals surface area contributed by atoms with Gasteiger partial charge in [-0.3, -0.25) is 0 Å². The molecule has 0 heteroatoms. The Morgan fingerprint density at radius 1 is 0.941 bits per heavy atom. The van der Waals surface area contributed by atoms with Gasteiger partial charge in [0.05, 0.1) is 0 Å². The fourth-order valence-corrected chi connectivity index (χ4v) is 4.29. The van der Waals surface area contributed by atoms with Crippen LogP contribution < -0.4 is 0 Å². The van der Waals surface area contributed by atoms with Gasteiger partial charge in [-0.15, -0.1) is 0 Å². The lowest BCUT2D eigenvalue weighted by atomic mass is 9.75. The average Bonchev–Trinajstić information content (AvgIpc) is 2.80. The molecule has 0 aromatic rings. The molecule has 17 heavy (non-hydrogen) atoms. The van der Waals surface area contributed by atoms with Crippen LogP contribution in [0.4, 0.5) is 0 Å². The molecule has 2 atom stereocenters. The first-order valence-corrected chi connectivity index (χ1v) is 7.96. The van der Waals surface area contributed by atoms with Crippen LogP contribution in [0.2, 0.25) is 0 Å². The second-order valence-corrected chi connectivity index (χ2v) is 6.43. The highest BCUT2D eigenvalue weighted by molar-refractivity contribution is 4.91. The monoisotopic (exact) mass is 234 g/mol. The van der Waals surface area contributed by atoms with Gasteiger partial charge in [0.25, 0.3) is 0 Å². The van der Waals surface area contributed by atoms with E-state index in [1.165, 1.54) is 44.9 Å². The zero-order valence-corrected chi connectivity index (χ0v) is 11.8. The molecule has 0 saturated heterocycles. The smallest absolute Gasteiger partial charge is 0.0233 e. The van der Waals surface area contributed by atoms with E-state index in [0.29, 0.717) is 0 Å². The van der Waals surface area contributed by atoms with Crippen molar-refractivity contribution >= 4 is 0 Å². The Hall–Kier alpha value is -0.260. The van der Waals surface area contributed by atoms with Crippen LogP contribution in [-0.2, 0) is 0 Å². The van der Waals surface area contributed by atoms with Gasteiger partial charge in [-0.1, -0.05) is 38.3 Å². The fraction of sp³-hybridized carbons (Fsp3) is 0.882. The van der Waals surface area contributed by atoms with Crippen LogP contribution in [0.3, 0.4) is 0 Å². The summed E-state index contributed by atoms with van der Waals surface area (Å²) in [6, 6.07) is 0. The third-order valence-electron chi connectivity index (χ3n) is 5.23. The third kappa shape index (κ3) is 3.60. The van der Waals surface area contributed by atoms with Crippen molar-refractivity contribution in [2.45, 2.75) is 71.6 Å². The van der Waals surface area contributed by atoms with E-state index in [1.807, 2.05) is 0 Å². The Balaban J connectivity index is 1.74. The molecule has 0 heterocycles. The number of hydrogen-bond acceptors (Lipinski definition) is 0. The first-order valence-electron chi connectivity index (χ1n) is 7.96. The van der Waals surface area contributed by atoms with Crippen LogP contribution in [0, 0.1) is 23.7 Å². The maximum Gasteiger partial charge on any atom is -0.0233 e. The molecule has 0 aliphatic heterocycles. The van der Waals surface area contributed by atoms with Gasteiger partial charge in [0.1, 0.15) is 0 Å². The van der Waals surface area contributed by atoms with Crippen LogP contribution in [0.1, 0.15) is 71.6 Å². The van der Waals surface area contributed by atoms with E-state index in [0.717, 1.165) is 23.7 Å². The number of allylic oxidation sites excluding steroid dienone is 2. The molecule has 2 unspecified atom stereocenters. The normalized spacial score (nSPS) is 38.9. The Labute approximate surface area is 108 Å². The third-order valence-corrected chi connectivity index (χ3v) is 5.23. The summed E-state index contributed by atoms with van der Waals surface area (Å²) in [5.41, 5.74) is 0. The van der Waals surface area contributed by atoms with Gasteiger partial charge in [0, 0.05) is 0 Å². The molecule has 0 N–H and O–H groups in total. The molecule has 0 amide bonds. The molecule has 0 radical (unpaired) electrons. The lowest BCUT2D eigenvalue weighted by Gasteiger charge is -2.31. The molecule has 0 nitrogen and oxygen atoms in total. The van der Waals surface area contributed by atoms with E-state index in [1.54, 1.807) is 12.8 Å². The quantitative estimate of drug-likeness (QED) is 0.557. The van der Waals surface area contributed by atoms with Crippen molar-refractivity contribution < 1.29 is 0 Å². The van der Waals surface area contributed by atoms with Crippen molar-refractivity contribution in [2.24, 2.45) is 23.7 Å². The SMILES string of the molecule is C/C=C/C1CCC(C2CCC(CCC)C2)CC1. The minimum atomic E-state index is 0.907. The highest BCUT2D eigenvalue weighted by atomic mass is 14.4. The molecule has 2 aliphatic carbocycles. The van der Waals surface area contributed by atoms with Crippen molar-refractivity contribution in [3.63, 3.8) is 0 Å². The Kier molecular flexibility index (Phi) is 5.13. The van der Waals surface area contributed by atoms with E-state index in [4.69, 9.17) is 0 Å². The average molecular weight is 234 g/mol. The summed E-state index contributed by atoms with van der Waals surface area (Å²) >= 11 is 0. The van der Waals surface area contributed by atoms with Crippen LogP contribution in [-0.4, -0.2) is 0 Å². The second kappa shape index (κ2) is 6.61. The Morgan fingerprint density at radius 3 is 2.29 bits per heavy atom. The van der Waals surface area contributed by atoms with E-state index in [-0.39, 0.29) is 0 Å². The van der Waals surface area contributed by atoms with E-state index >= 15 is 0 Å². The zero-order chi connectivity index (χ0) is 12.1. The standard InChI is InChI=1S/C17H30/c1-3-5-14-7-10-16(11-8-14)17-12-9-15(13-17)6-4-2/h3,5,14-17H,4,6-13H2,1-2H3/b5-3+. The molecule has 0 aromatic heterocycles. The van der Waals surface area contributed by atoms with Gasteiger partial charge in [0.2, 0.25) is 0 Å². The summed E-state index contributed by atoms with van der Waals surface area (Å²) in [5, 5.41) is 0. The summed E-state index contributed by atoms with van der Waals surface area (Å²) in [7, 11) is 0. The van der Waals surface area contributed by atoms with Crippen molar-refractivity contribution in [1.29, 1.82) is 0 Å². The summed E-state index contributed by atoms with van der Waals surface area (Å²) in [5.74, 6) is 4.17. The molecule has 2 fully saturated rings. The lowest BCUT2D eigenvalue weighted by Crippen LogP contribution is -2.19. The van der Waals surface area contributed by atoms with Gasteiger partial charge in [-0.2, -0.15) is 0 Å². The molecular formula is C17H30. The van der Waals surface area contributed by atoms with Gasteiger partial charge in [0.15, 0.2) is 0 Å². The topological polar surface area (TPSA) is 0 Å². The van der Waals surface area contributed by atoms with Crippen molar-refractivity contribution in [3.8, 4) is 0 Å². The van der Waals surface area contributed by atoms with Gasteiger partial charge in [-0.25, -0.2) is 0 Å². The first-order chi connectivity index (χ1) is 8.33. The lowest BCUT2D eigenvalue weighted by molar-refractivity contribution is 0.220. The van der Waals surface area contributed by atoms with Gasteiger partial charge >= 0.3 is 0 Å². The van der Waals surface area contributed by atoms with Crippen LogP contribution >= 0.6 is 0 Å². The molecular weight excluding hydrogens is 204 g/mol. The Morgan fingerprint density at radius 2 is 1.65 bits per heavy atom. The number of hydrogen-bond donors (Lipinski definition) is 0. The molecule has 2 aliphatic rings. The molecule has 2 rings (SSSR count). The zero-order valence-electron chi connectivity index (χ0n) is 11.8. The minimum absolute atomic E-state index is 0.907. The Bertz CT molecular complexity index is 232. The summed E-state index contributed by atoms with van der Waals surface area (Å²) in [6.45, 7) is 4.51. The fourth-order valence-electron chi connectivity index (χ4n) is 4.29. The molecule has 2 saturated carbocycles. The van der Waals surface area contributed by atoms with Crippen molar-refractivity contribution in [3.05, 3.63) is 12.2 Å². The van der Waals surface area contributed by atoms with Gasteiger partial charge < -0.3 is 0 Å². The predicted molar refractivity (Wildman–Crippen MR) is 76.0 cm³/mol. The number of rotatable bonds is 4. The van der Waals surface area contributed by atoms with Crippen LogP contribution in [0.5, 0.6) is 0 Å². The van der Waals surface area contributed by atoms with Crippen molar-refractivity contribution in [1.82, 2.24) is 0 Å². The highest BCUT2D eigenvalue weighted by Gasteiger charge is 2.32. The molecule has 98 valence electrons. The van der Waals surface area contributed by atoms with Crippen LogP contribution in [0.25, 0.3) is 0 Å². The van der Waals surface area contributed by atoms with Gasteiger partial charge in [-0.05, 0) is 69.1 Å². The van der Waals surface area contributed by atoms with E-state index in [2.05, 4.69) is 26.0 Å². The van der Waals surface area contributed by atoms with Crippen LogP contribution in [0.15, 0.2) is 12.2 Å². The van der Waals surface area contributed by atoms with E-state index < -0.39 is 0 Å². The second-order valence-electron chi connectivity index (χ2n) is 6.43. The molecule has 0 aromatic carbocycles. The van der Waals surface area contributed by atoms with E-state index in [9.17, 15) is 0 Å². The predicted octanol–water partition coefficient (Wildman–Crippen LogP) is 5.59. The maximum atomic E-state index is 2.44.